The number of hydrogen-bond acceptors (Lipinski definition) is 3. The van der Waals surface area contributed by atoms with Crippen LogP contribution in [0.25, 0.3) is 6.08 Å². The zero-order valence-electron chi connectivity index (χ0n) is 10.0. The summed E-state index contributed by atoms with van der Waals surface area (Å²) in [6.45, 7) is 0. The molecule has 2 rings (SSSR count). The van der Waals surface area contributed by atoms with Crippen molar-refractivity contribution in [2.45, 2.75) is 25.0 Å². The highest BCUT2D eigenvalue weighted by atomic mass is 16.5. The van der Waals surface area contributed by atoms with Crippen molar-refractivity contribution in [2.24, 2.45) is 0 Å². The van der Waals surface area contributed by atoms with Gasteiger partial charge in [0.1, 0.15) is 6.10 Å². The van der Waals surface area contributed by atoms with Crippen LogP contribution in [0.3, 0.4) is 0 Å². The van der Waals surface area contributed by atoms with Crippen LogP contribution in [0.4, 0.5) is 0 Å². The van der Waals surface area contributed by atoms with E-state index < -0.39 is 6.10 Å². The van der Waals surface area contributed by atoms with Crippen molar-refractivity contribution in [3.05, 3.63) is 54.1 Å². The molecule has 0 aliphatic carbocycles. The number of carbonyl (C=O) groups is 1. The standard InChI is InChI=1S/C15H16O3/c16-13(10-9-12-5-2-1-3-6-12)11-14-7-4-8-15(17)18-14/h1-6,8-10,13-14,16H,7,11H2/b10-9+/t13-,14-/m1/s1. The number of rotatable bonds is 4. The summed E-state index contributed by atoms with van der Waals surface area (Å²) in [5.41, 5.74) is 1.04. The molecule has 1 aliphatic heterocycles. The smallest absolute Gasteiger partial charge is 0.330 e. The van der Waals surface area contributed by atoms with E-state index in [2.05, 4.69) is 0 Å². The lowest BCUT2D eigenvalue weighted by Gasteiger charge is -2.20. The highest BCUT2D eigenvalue weighted by Crippen LogP contribution is 2.14. The molecule has 0 saturated heterocycles. The molecule has 18 heavy (non-hydrogen) atoms. The van der Waals surface area contributed by atoms with Crippen LogP contribution in [0.15, 0.2) is 48.6 Å². The van der Waals surface area contributed by atoms with Crippen molar-refractivity contribution < 1.29 is 14.6 Å². The van der Waals surface area contributed by atoms with Crippen molar-refractivity contribution in [1.29, 1.82) is 0 Å². The molecule has 0 spiro atoms. The average molecular weight is 244 g/mol. The maximum absolute atomic E-state index is 11.0. The Morgan fingerprint density at radius 1 is 1.39 bits per heavy atom. The molecule has 1 heterocycles. The number of carbonyl (C=O) groups excluding carboxylic acids is 1. The molecule has 1 N–H and O–H groups in total. The summed E-state index contributed by atoms with van der Waals surface area (Å²) in [5, 5.41) is 9.85. The lowest BCUT2D eigenvalue weighted by molar-refractivity contribution is -0.145. The second kappa shape index (κ2) is 6.17. The summed E-state index contributed by atoms with van der Waals surface area (Å²) in [6.07, 6.45) is 7.06. The van der Waals surface area contributed by atoms with Crippen LogP contribution in [-0.2, 0) is 9.53 Å². The van der Waals surface area contributed by atoms with Gasteiger partial charge in [-0.15, -0.1) is 0 Å². The third kappa shape index (κ3) is 3.86. The molecular formula is C15H16O3. The highest BCUT2D eigenvalue weighted by molar-refractivity contribution is 5.82. The molecule has 0 radical (unpaired) electrons. The predicted octanol–water partition coefficient (Wildman–Crippen LogP) is 2.32. The first kappa shape index (κ1) is 12.6. The van der Waals surface area contributed by atoms with Crippen LogP contribution in [0.1, 0.15) is 18.4 Å². The number of aliphatic hydroxyl groups excluding tert-OH is 1. The monoisotopic (exact) mass is 244 g/mol. The summed E-state index contributed by atoms with van der Waals surface area (Å²) in [4.78, 5) is 11.0. The van der Waals surface area contributed by atoms with E-state index in [1.165, 1.54) is 6.08 Å². The SMILES string of the molecule is O=C1C=CC[C@H](C[C@H](O)/C=C/c2ccccc2)O1. The fourth-order valence-corrected chi connectivity index (χ4v) is 1.85. The van der Waals surface area contributed by atoms with Gasteiger partial charge in [-0.3, -0.25) is 0 Å². The van der Waals surface area contributed by atoms with Crippen LogP contribution < -0.4 is 0 Å². The molecule has 0 saturated carbocycles. The van der Waals surface area contributed by atoms with E-state index in [1.807, 2.05) is 36.4 Å². The summed E-state index contributed by atoms with van der Waals surface area (Å²) in [7, 11) is 0. The van der Waals surface area contributed by atoms with Crippen molar-refractivity contribution in [3.63, 3.8) is 0 Å². The Morgan fingerprint density at radius 3 is 2.89 bits per heavy atom. The number of cyclic esters (lactones) is 1. The molecule has 0 unspecified atom stereocenters. The van der Waals surface area contributed by atoms with Crippen molar-refractivity contribution in [2.75, 3.05) is 0 Å². The Bertz CT molecular complexity index is 448. The van der Waals surface area contributed by atoms with Crippen molar-refractivity contribution >= 4 is 12.0 Å². The number of aliphatic hydroxyl groups is 1. The van der Waals surface area contributed by atoms with Gasteiger partial charge in [-0.2, -0.15) is 0 Å². The fourth-order valence-electron chi connectivity index (χ4n) is 1.85. The van der Waals surface area contributed by atoms with Crippen LogP contribution in [0, 0.1) is 0 Å². The summed E-state index contributed by atoms with van der Waals surface area (Å²) >= 11 is 0. The predicted molar refractivity (Wildman–Crippen MR) is 69.7 cm³/mol. The van der Waals surface area contributed by atoms with E-state index >= 15 is 0 Å². The Hall–Kier alpha value is -1.87. The van der Waals surface area contributed by atoms with E-state index in [4.69, 9.17) is 4.74 Å². The minimum absolute atomic E-state index is 0.224. The summed E-state index contributed by atoms with van der Waals surface area (Å²) in [6, 6.07) is 9.76. The van der Waals surface area contributed by atoms with Gasteiger partial charge < -0.3 is 9.84 Å². The third-order valence-corrected chi connectivity index (χ3v) is 2.75. The van der Waals surface area contributed by atoms with E-state index in [0.29, 0.717) is 12.8 Å². The first-order valence-corrected chi connectivity index (χ1v) is 6.02. The molecule has 3 heteroatoms. The Labute approximate surface area is 106 Å². The normalized spacial score (nSPS) is 20.9. The van der Waals surface area contributed by atoms with Crippen LogP contribution in [0.2, 0.25) is 0 Å². The van der Waals surface area contributed by atoms with Gasteiger partial charge in [-0.1, -0.05) is 48.6 Å². The van der Waals surface area contributed by atoms with Gasteiger partial charge in [-0.25, -0.2) is 4.79 Å². The van der Waals surface area contributed by atoms with Crippen molar-refractivity contribution in [1.82, 2.24) is 0 Å². The van der Waals surface area contributed by atoms with Gasteiger partial charge in [0, 0.05) is 18.9 Å². The van der Waals surface area contributed by atoms with Gasteiger partial charge >= 0.3 is 5.97 Å². The number of esters is 1. The molecule has 0 aromatic heterocycles. The van der Waals surface area contributed by atoms with Gasteiger partial charge in [-0.05, 0) is 5.56 Å². The second-order valence-corrected chi connectivity index (χ2v) is 4.27. The topological polar surface area (TPSA) is 46.5 Å². The Morgan fingerprint density at radius 2 is 2.17 bits per heavy atom. The van der Waals surface area contributed by atoms with E-state index in [1.54, 1.807) is 12.2 Å². The fraction of sp³-hybridized carbons (Fsp3) is 0.267. The Kier molecular flexibility index (Phi) is 4.31. The Balaban J connectivity index is 1.85. The first-order chi connectivity index (χ1) is 8.74. The lowest BCUT2D eigenvalue weighted by atomic mass is 10.1. The molecule has 0 amide bonds. The number of benzene rings is 1. The minimum Gasteiger partial charge on any atom is -0.459 e. The van der Waals surface area contributed by atoms with E-state index in [-0.39, 0.29) is 12.1 Å². The largest absolute Gasteiger partial charge is 0.459 e. The number of hydrogen-bond donors (Lipinski definition) is 1. The van der Waals surface area contributed by atoms with Gasteiger partial charge in [0.05, 0.1) is 6.10 Å². The van der Waals surface area contributed by atoms with Gasteiger partial charge in [0.25, 0.3) is 0 Å². The third-order valence-electron chi connectivity index (χ3n) is 2.75. The summed E-state index contributed by atoms with van der Waals surface area (Å²) in [5.74, 6) is -0.328. The molecule has 94 valence electrons. The minimum atomic E-state index is -0.602. The lowest BCUT2D eigenvalue weighted by Crippen LogP contribution is -2.24. The highest BCUT2D eigenvalue weighted by Gasteiger charge is 2.18. The molecule has 0 bridgehead atoms. The molecule has 0 fully saturated rings. The molecule has 1 aliphatic rings. The van der Waals surface area contributed by atoms with Gasteiger partial charge in [0.2, 0.25) is 0 Å². The quantitative estimate of drug-likeness (QED) is 0.827. The second-order valence-electron chi connectivity index (χ2n) is 4.27. The van der Waals surface area contributed by atoms with Gasteiger partial charge in [0.15, 0.2) is 0 Å². The molecular weight excluding hydrogens is 228 g/mol. The van der Waals surface area contributed by atoms with Crippen molar-refractivity contribution in [3.8, 4) is 0 Å². The molecule has 1 aromatic carbocycles. The first-order valence-electron chi connectivity index (χ1n) is 6.02. The zero-order chi connectivity index (χ0) is 12.8. The molecule has 3 nitrogen and oxygen atoms in total. The molecule has 2 atom stereocenters. The van der Waals surface area contributed by atoms with Crippen LogP contribution in [-0.4, -0.2) is 23.3 Å². The average Bonchev–Trinajstić information content (AvgIpc) is 2.38. The van der Waals surface area contributed by atoms with E-state index in [0.717, 1.165) is 5.56 Å². The number of ether oxygens (including phenoxy) is 1. The summed E-state index contributed by atoms with van der Waals surface area (Å²) < 4.78 is 5.09. The zero-order valence-corrected chi connectivity index (χ0v) is 10.0. The van der Waals surface area contributed by atoms with Crippen LogP contribution >= 0.6 is 0 Å². The molecule has 1 aromatic rings. The van der Waals surface area contributed by atoms with Crippen LogP contribution in [0.5, 0.6) is 0 Å². The maximum Gasteiger partial charge on any atom is 0.330 e. The maximum atomic E-state index is 11.0. The van der Waals surface area contributed by atoms with E-state index in [9.17, 15) is 9.90 Å².